The van der Waals surface area contributed by atoms with Crippen LogP contribution < -0.4 is 4.74 Å². The average Bonchev–Trinajstić information content (AvgIpc) is 3.29. The normalized spacial score (nSPS) is 14.9. The molecule has 0 aliphatic heterocycles. The second kappa shape index (κ2) is 6.26. The molecular formula is C17H20F2N2O2. The van der Waals surface area contributed by atoms with E-state index in [1.807, 2.05) is 13.8 Å². The molecule has 6 heteroatoms. The average molecular weight is 322 g/mol. The Morgan fingerprint density at radius 2 is 2.04 bits per heavy atom. The summed E-state index contributed by atoms with van der Waals surface area (Å²) in [6.07, 6.45) is 2.43. The van der Waals surface area contributed by atoms with Crippen molar-refractivity contribution in [2.24, 2.45) is 5.92 Å². The van der Waals surface area contributed by atoms with E-state index in [-0.39, 0.29) is 17.6 Å². The molecule has 0 N–H and O–H groups in total. The molecule has 23 heavy (non-hydrogen) atoms. The number of carbonyl (C=O) groups excluding carboxylic acids is 1. The van der Waals surface area contributed by atoms with Crippen molar-refractivity contribution in [2.75, 3.05) is 13.3 Å². The molecule has 0 atom stereocenters. The fraction of sp³-hybridized carbons (Fsp3) is 0.529. The van der Waals surface area contributed by atoms with Gasteiger partial charge in [-0.2, -0.15) is 5.10 Å². The largest absolute Gasteiger partial charge is 0.483 e. The van der Waals surface area contributed by atoms with E-state index in [0.29, 0.717) is 11.3 Å². The molecule has 0 unspecified atom stereocenters. The van der Waals surface area contributed by atoms with Gasteiger partial charge in [-0.3, -0.25) is 4.79 Å². The van der Waals surface area contributed by atoms with Gasteiger partial charge in [0.25, 0.3) is 0 Å². The minimum absolute atomic E-state index is 0.0285. The molecule has 2 heterocycles. The number of ether oxygens (including phenoxy) is 1. The molecule has 0 bridgehead atoms. The molecule has 1 saturated carbocycles. The van der Waals surface area contributed by atoms with Crippen LogP contribution in [0.5, 0.6) is 5.75 Å². The Bertz CT molecular complexity index is 719. The summed E-state index contributed by atoms with van der Waals surface area (Å²) >= 11 is 0. The third kappa shape index (κ3) is 2.94. The third-order valence-corrected chi connectivity index (χ3v) is 4.07. The van der Waals surface area contributed by atoms with E-state index < -0.39 is 19.5 Å². The van der Waals surface area contributed by atoms with Crippen LogP contribution in [-0.2, 0) is 0 Å². The Kier molecular flexibility index (Phi) is 4.33. The van der Waals surface area contributed by atoms with Crippen molar-refractivity contribution in [1.29, 1.82) is 0 Å². The summed E-state index contributed by atoms with van der Waals surface area (Å²) < 4.78 is 32.7. The number of halogens is 2. The second-order valence-corrected chi connectivity index (χ2v) is 6.28. The van der Waals surface area contributed by atoms with Crippen LogP contribution in [-0.4, -0.2) is 34.9 Å². The van der Waals surface area contributed by atoms with E-state index in [1.54, 1.807) is 22.8 Å². The SMILES string of the molecule is CC(C)C(=O)c1cnn2c(C3CC3)c(OC(CF)CF)ccc12. The number of aromatic nitrogens is 2. The maximum atomic E-state index is 12.8. The first-order valence-corrected chi connectivity index (χ1v) is 7.90. The minimum atomic E-state index is -1.10. The van der Waals surface area contributed by atoms with Gasteiger partial charge >= 0.3 is 0 Å². The third-order valence-electron chi connectivity index (χ3n) is 4.07. The first kappa shape index (κ1) is 15.9. The predicted octanol–water partition coefficient (Wildman–Crippen LogP) is 3.74. The number of hydrogen-bond acceptors (Lipinski definition) is 3. The lowest BCUT2D eigenvalue weighted by Crippen LogP contribution is -2.22. The van der Waals surface area contributed by atoms with Crippen molar-refractivity contribution in [3.8, 4) is 5.75 Å². The Labute approximate surface area is 133 Å². The van der Waals surface area contributed by atoms with Crippen LogP contribution in [0.2, 0.25) is 0 Å². The van der Waals surface area contributed by atoms with Crippen molar-refractivity contribution >= 4 is 11.3 Å². The quantitative estimate of drug-likeness (QED) is 0.729. The van der Waals surface area contributed by atoms with Gasteiger partial charge < -0.3 is 4.74 Å². The molecule has 1 fully saturated rings. The maximum Gasteiger partial charge on any atom is 0.169 e. The van der Waals surface area contributed by atoms with Crippen molar-refractivity contribution in [3.63, 3.8) is 0 Å². The minimum Gasteiger partial charge on any atom is -0.483 e. The van der Waals surface area contributed by atoms with Crippen LogP contribution in [0.15, 0.2) is 18.3 Å². The second-order valence-electron chi connectivity index (χ2n) is 6.28. The summed E-state index contributed by atoms with van der Waals surface area (Å²) in [4.78, 5) is 12.3. The van der Waals surface area contributed by atoms with Gasteiger partial charge in [0.2, 0.25) is 0 Å². The van der Waals surface area contributed by atoms with E-state index in [0.717, 1.165) is 24.1 Å². The lowest BCUT2D eigenvalue weighted by atomic mass is 10.0. The van der Waals surface area contributed by atoms with Crippen molar-refractivity contribution in [1.82, 2.24) is 9.61 Å². The van der Waals surface area contributed by atoms with Crippen molar-refractivity contribution < 1.29 is 18.3 Å². The van der Waals surface area contributed by atoms with Gasteiger partial charge in [0.15, 0.2) is 11.9 Å². The standard InChI is InChI=1S/C17H20F2N2O2/c1-10(2)17(22)13-9-20-21-14(13)5-6-15(16(21)11-3-4-11)23-12(7-18)8-19/h5-6,9-12H,3-4,7-8H2,1-2H3. The van der Waals surface area contributed by atoms with Crippen LogP contribution in [0.1, 0.15) is 48.7 Å². The zero-order chi connectivity index (χ0) is 16.6. The number of rotatable bonds is 7. The van der Waals surface area contributed by atoms with Crippen LogP contribution in [0.4, 0.5) is 8.78 Å². The first-order valence-electron chi connectivity index (χ1n) is 7.90. The summed E-state index contributed by atoms with van der Waals surface area (Å²) in [5.74, 6) is 0.619. The van der Waals surface area contributed by atoms with Gasteiger partial charge in [-0.25, -0.2) is 13.3 Å². The van der Waals surface area contributed by atoms with E-state index >= 15 is 0 Å². The molecule has 0 saturated heterocycles. The highest BCUT2D eigenvalue weighted by atomic mass is 19.1. The maximum absolute atomic E-state index is 12.8. The summed E-state index contributed by atoms with van der Waals surface area (Å²) in [6, 6.07) is 3.43. The van der Waals surface area contributed by atoms with Crippen LogP contribution in [0, 0.1) is 5.92 Å². The van der Waals surface area contributed by atoms with Crippen LogP contribution >= 0.6 is 0 Å². The molecule has 2 aromatic heterocycles. The lowest BCUT2D eigenvalue weighted by Gasteiger charge is -2.17. The smallest absolute Gasteiger partial charge is 0.169 e. The van der Waals surface area contributed by atoms with Crippen molar-refractivity contribution in [3.05, 3.63) is 29.6 Å². The number of fused-ring (bicyclic) bond motifs is 1. The topological polar surface area (TPSA) is 43.6 Å². The van der Waals surface area contributed by atoms with E-state index in [2.05, 4.69) is 5.10 Å². The van der Waals surface area contributed by atoms with Crippen molar-refractivity contribution in [2.45, 2.75) is 38.7 Å². The Morgan fingerprint density at radius 1 is 1.35 bits per heavy atom. The highest BCUT2D eigenvalue weighted by Crippen LogP contribution is 2.44. The number of carbonyl (C=O) groups is 1. The van der Waals surface area contributed by atoms with E-state index in [9.17, 15) is 13.6 Å². The summed E-state index contributed by atoms with van der Waals surface area (Å²) in [5.41, 5.74) is 2.09. The van der Waals surface area contributed by atoms with Gasteiger partial charge in [-0.05, 0) is 25.0 Å². The molecule has 4 nitrogen and oxygen atoms in total. The van der Waals surface area contributed by atoms with Gasteiger partial charge in [-0.1, -0.05) is 13.8 Å². The van der Waals surface area contributed by atoms with Gasteiger partial charge in [-0.15, -0.1) is 0 Å². The zero-order valence-corrected chi connectivity index (χ0v) is 13.3. The molecule has 3 rings (SSSR count). The van der Waals surface area contributed by atoms with E-state index in [4.69, 9.17) is 4.74 Å². The highest BCUT2D eigenvalue weighted by Gasteiger charge is 2.32. The number of nitrogens with zero attached hydrogens (tertiary/aromatic N) is 2. The number of Topliss-reactive ketones (excluding diaryl/α,β-unsaturated/α-hetero) is 1. The molecule has 1 aliphatic rings. The molecule has 124 valence electrons. The van der Waals surface area contributed by atoms with Gasteiger partial charge in [0.05, 0.1) is 23.0 Å². The number of ketones is 1. The molecule has 2 aromatic rings. The van der Waals surface area contributed by atoms with Gasteiger partial charge in [0.1, 0.15) is 19.1 Å². The summed E-state index contributed by atoms with van der Waals surface area (Å²) in [7, 11) is 0. The molecule has 0 radical (unpaired) electrons. The Balaban J connectivity index is 2.07. The van der Waals surface area contributed by atoms with Gasteiger partial charge in [0, 0.05) is 11.8 Å². The number of hydrogen-bond donors (Lipinski definition) is 0. The predicted molar refractivity (Wildman–Crippen MR) is 82.7 cm³/mol. The molecule has 0 amide bonds. The fourth-order valence-electron chi connectivity index (χ4n) is 2.67. The summed E-state index contributed by atoms with van der Waals surface area (Å²) in [5, 5.41) is 4.33. The number of pyridine rings is 1. The number of alkyl halides is 2. The molecular weight excluding hydrogens is 302 g/mol. The van der Waals surface area contributed by atoms with Crippen LogP contribution in [0.25, 0.3) is 5.52 Å². The summed E-state index contributed by atoms with van der Waals surface area (Å²) in [6.45, 7) is 1.93. The monoisotopic (exact) mass is 322 g/mol. The zero-order valence-electron chi connectivity index (χ0n) is 13.3. The highest BCUT2D eigenvalue weighted by molar-refractivity contribution is 6.03. The molecule has 0 spiro atoms. The Morgan fingerprint density at radius 3 is 2.61 bits per heavy atom. The molecule has 1 aliphatic carbocycles. The molecule has 0 aromatic carbocycles. The lowest BCUT2D eigenvalue weighted by molar-refractivity contribution is 0.0941. The Hall–Kier alpha value is -1.98. The van der Waals surface area contributed by atoms with E-state index in [1.165, 1.54) is 0 Å². The first-order chi connectivity index (χ1) is 11.1. The van der Waals surface area contributed by atoms with Crippen LogP contribution in [0.3, 0.4) is 0 Å². The fourth-order valence-corrected chi connectivity index (χ4v) is 2.67.